The molecule has 0 spiro atoms. The molecule has 0 N–H and O–H groups in total. The maximum absolute atomic E-state index is 11.7. The first-order valence-corrected chi connectivity index (χ1v) is 18.7. The van der Waals surface area contributed by atoms with Gasteiger partial charge in [-0.15, -0.1) is 0 Å². The van der Waals surface area contributed by atoms with Crippen molar-refractivity contribution in [3.8, 4) is 0 Å². The van der Waals surface area contributed by atoms with E-state index in [0.29, 0.717) is 65.7 Å². The first-order chi connectivity index (χ1) is 18.7. The van der Waals surface area contributed by atoms with Gasteiger partial charge in [-0.1, -0.05) is 56.0 Å². The second kappa shape index (κ2) is 24.9. The molecule has 12 heteroatoms. The SMILES string of the molecule is O=C(CCCCC1CCSS1)OCCOCCOCCOCCOCCOC(=O)CCCCC1CCSS1. The molecule has 0 bridgehead atoms. The van der Waals surface area contributed by atoms with Crippen LogP contribution in [-0.4, -0.2) is 100 Å². The minimum atomic E-state index is -0.140. The Bertz CT molecular complexity index is 540. The third kappa shape index (κ3) is 20.1. The van der Waals surface area contributed by atoms with E-state index in [1.54, 1.807) is 0 Å². The number of hydrogen-bond donors (Lipinski definition) is 0. The highest BCUT2D eigenvalue weighted by Gasteiger charge is 2.17. The number of rotatable bonds is 25. The Labute approximate surface area is 244 Å². The summed E-state index contributed by atoms with van der Waals surface area (Å²) in [5.74, 6) is 2.23. The molecule has 0 amide bonds. The first kappa shape index (κ1) is 34.4. The lowest BCUT2D eigenvalue weighted by molar-refractivity contribution is -0.146. The Morgan fingerprint density at radius 1 is 0.526 bits per heavy atom. The van der Waals surface area contributed by atoms with Crippen molar-refractivity contribution in [1.29, 1.82) is 0 Å². The van der Waals surface area contributed by atoms with E-state index in [9.17, 15) is 9.59 Å². The van der Waals surface area contributed by atoms with Gasteiger partial charge in [0.05, 0.1) is 52.9 Å². The summed E-state index contributed by atoms with van der Waals surface area (Å²) in [6, 6.07) is 0. The van der Waals surface area contributed by atoms with E-state index < -0.39 is 0 Å². The normalized spacial score (nSPS) is 19.2. The monoisotopic (exact) mass is 614 g/mol. The maximum atomic E-state index is 11.7. The van der Waals surface area contributed by atoms with E-state index in [-0.39, 0.29) is 25.2 Å². The summed E-state index contributed by atoms with van der Waals surface area (Å²) in [6.07, 6.45) is 9.96. The fraction of sp³-hybridized carbons (Fsp3) is 0.923. The van der Waals surface area contributed by atoms with Crippen LogP contribution < -0.4 is 0 Å². The van der Waals surface area contributed by atoms with Crippen molar-refractivity contribution in [3.63, 3.8) is 0 Å². The summed E-state index contributed by atoms with van der Waals surface area (Å²) < 4.78 is 32.1. The molecule has 2 fully saturated rings. The van der Waals surface area contributed by atoms with Gasteiger partial charge in [0.1, 0.15) is 13.2 Å². The Morgan fingerprint density at radius 3 is 1.24 bits per heavy atom. The first-order valence-electron chi connectivity index (χ1n) is 13.9. The van der Waals surface area contributed by atoms with Gasteiger partial charge in [-0.05, 0) is 38.5 Å². The smallest absolute Gasteiger partial charge is 0.305 e. The number of carbonyl (C=O) groups is 2. The Morgan fingerprint density at radius 2 is 0.895 bits per heavy atom. The lowest BCUT2D eigenvalue weighted by Gasteiger charge is -2.09. The van der Waals surface area contributed by atoms with Crippen LogP contribution in [-0.2, 0) is 38.0 Å². The zero-order valence-electron chi connectivity index (χ0n) is 22.6. The van der Waals surface area contributed by atoms with Crippen LogP contribution >= 0.6 is 43.2 Å². The minimum absolute atomic E-state index is 0.140. The van der Waals surface area contributed by atoms with Crippen molar-refractivity contribution in [2.45, 2.75) is 74.7 Å². The summed E-state index contributed by atoms with van der Waals surface area (Å²) in [5, 5.41) is 1.54. The number of esters is 2. The molecule has 38 heavy (non-hydrogen) atoms. The van der Waals surface area contributed by atoms with Crippen molar-refractivity contribution in [2.75, 3.05) is 77.6 Å². The van der Waals surface area contributed by atoms with E-state index in [2.05, 4.69) is 0 Å². The summed E-state index contributed by atoms with van der Waals surface area (Å²) >= 11 is 0. The van der Waals surface area contributed by atoms with E-state index in [0.717, 1.165) is 36.2 Å². The van der Waals surface area contributed by atoms with E-state index in [1.165, 1.54) is 37.2 Å². The molecule has 8 nitrogen and oxygen atoms in total. The molecule has 2 heterocycles. The van der Waals surface area contributed by atoms with Gasteiger partial charge in [-0.2, -0.15) is 0 Å². The van der Waals surface area contributed by atoms with Crippen LogP contribution in [0.5, 0.6) is 0 Å². The molecule has 2 aliphatic heterocycles. The van der Waals surface area contributed by atoms with Crippen molar-refractivity contribution < 1.29 is 38.0 Å². The lowest BCUT2D eigenvalue weighted by Crippen LogP contribution is -2.15. The molecule has 2 atom stereocenters. The number of ether oxygens (including phenoxy) is 6. The molecule has 222 valence electrons. The van der Waals surface area contributed by atoms with Gasteiger partial charge >= 0.3 is 11.9 Å². The van der Waals surface area contributed by atoms with Crippen LogP contribution in [0.2, 0.25) is 0 Å². The quantitative estimate of drug-likeness (QED) is 0.0732. The zero-order valence-corrected chi connectivity index (χ0v) is 25.9. The second-order valence-electron chi connectivity index (χ2n) is 9.04. The second-order valence-corrected chi connectivity index (χ2v) is 14.6. The highest BCUT2D eigenvalue weighted by molar-refractivity contribution is 8.77. The van der Waals surface area contributed by atoms with Crippen LogP contribution in [0.3, 0.4) is 0 Å². The molecule has 0 aromatic heterocycles. The van der Waals surface area contributed by atoms with Crippen LogP contribution in [0.4, 0.5) is 0 Å². The largest absolute Gasteiger partial charge is 0.463 e. The molecule has 0 aliphatic carbocycles. The fourth-order valence-corrected chi connectivity index (χ4v) is 9.80. The number of hydrogen-bond acceptors (Lipinski definition) is 12. The highest BCUT2D eigenvalue weighted by Crippen LogP contribution is 2.40. The van der Waals surface area contributed by atoms with Crippen LogP contribution in [0.1, 0.15) is 64.2 Å². The standard InChI is InChI=1S/C26H46O8S4/c27-25(7-3-1-5-23-9-21-35-37-23)33-19-17-31-15-13-29-11-12-30-14-16-32-18-20-34-26(28)8-4-2-6-24-10-22-36-38-24/h23-24H,1-22H2. The van der Waals surface area contributed by atoms with Gasteiger partial charge < -0.3 is 28.4 Å². The summed E-state index contributed by atoms with van der Waals surface area (Å²) in [5.41, 5.74) is 0. The highest BCUT2D eigenvalue weighted by atomic mass is 33.1. The minimum Gasteiger partial charge on any atom is -0.463 e. The van der Waals surface area contributed by atoms with E-state index in [4.69, 9.17) is 28.4 Å². The zero-order chi connectivity index (χ0) is 26.9. The van der Waals surface area contributed by atoms with Crippen LogP contribution in [0.25, 0.3) is 0 Å². The van der Waals surface area contributed by atoms with Crippen molar-refractivity contribution in [1.82, 2.24) is 0 Å². The topological polar surface area (TPSA) is 89.5 Å². The number of carbonyl (C=O) groups excluding carboxylic acids is 2. The molecular weight excluding hydrogens is 569 g/mol. The number of unbranched alkanes of at least 4 members (excludes halogenated alkanes) is 2. The predicted molar refractivity (Wildman–Crippen MR) is 159 cm³/mol. The average Bonchev–Trinajstić information content (AvgIpc) is 3.63. The molecule has 2 aliphatic rings. The van der Waals surface area contributed by atoms with Gasteiger partial charge in [0.25, 0.3) is 0 Å². The molecule has 2 rings (SSSR count). The Hall–Kier alpha value is 0.180. The van der Waals surface area contributed by atoms with E-state index >= 15 is 0 Å². The van der Waals surface area contributed by atoms with Gasteiger partial charge in [-0.25, -0.2) is 0 Å². The van der Waals surface area contributed by atoms with Crippen LogP contribution in [0.15, 0.2) is 0 Å². The van der Waals surface area contributed by atoms with Gasteiger partial charge in [0.2, 0.25) is 0 Å². The van der Waals surface area contributed by atoms with Gasteiger partial charge in [0, 0.05) is 34.8 Å². The van der Waals surface area contributed by atoms with Crippen molar-refractivity contribution >= 4 is 55.1 Å². The third-order valence-electron chi connectivity index (χ3n) is 5.87. The molecule has 0 saturated carbocycles. The molecule has 0 aromatic rings. The van der Waals surface area contributed by atoms with Crippen molar-refractivity contribution in [2.24, 2.45) is 0 Å². The summed E-state index contributed by atoms with van der Waals surface area (Å²) in [7, 11) is 7.89. The fourth-order valence-electron chi connectivity index (χ4n) is 3.75. The molecule has 0 radical (unpaired) electrons. The van der Waals surface area contributed by atoms with Crippen LogP contribution in [0, 0.1) is 0 Å². The lowest BCUT2D eigenvalue weighted by atomic mass is 10.1. The molecular formula is C26H46O8S4. The average molecular weight is 615 g/mol. The maximum Gasteiger partial charge on any atom is 0.305 e. The Kier molecular flexibility index (Phi) is 22.6. The summed E-state index contributed by atoms with van der Waals surface area (Å²) in [4.78, 5) is 23.4. The van der Waals surface area contributed by atoms with Crippen molar-refractivity contribution in [3.05, 3.63) is 0 Å². The predicted octanol–water partition coefficient (Wildman–Crippen LogP) is 5.57. The summed E-state index contributed by atoms with van der Waals surface area (Å²) in [6.45, 7) is 4.14. The van der Waals surface area contributed by atoms with E-state index in [1.807, 2.05) is 43.2 Å². The Balaban J connectivity index is 1.20. The van der Waals surface area contributed by atoms with Gasteiger partial charge in [0.15, 0.2) is 0 Å². The molecule has 0 aromatic carbocycles. The molecule has 2 unspecified atom stereocenters. The van der Waals surface area contributed by atoms with Gasteiger partial charge in [-0.3, -0.25) is 9.59 Å². The third-order valence-corrected chi connectivity index (χ3v) is 11.9. The molecule has 2 saturated heterocycles.